The Hall–Kier alpha value is -1.61. The molecule has 1 saturated heterocycles. The molecular weight excluding hydrogens is 356 g/mol. The minimum absolute atomic E-state index is 0.154. The highest BCUT2D eigenvalue weighted by Gasteiger charge is 2.39. The summed E-state index contributed by atoms with van der Waals surface area (Å²) in [6, 6.07) is 9.75. The zero-order valence-electron chi connectivity index (χ0n) is 13.7. The molecule has 3 aliphatic rings. The van der Waals surface area contributed by atoms with Crippen LogP contribution in [0.1, 0.15) is 5.56 Å². The lowest BCUT2D eigenvalue weighted by Gasteiger charge is -2.35. The van der Waals surface area contributed by atoms with E-state index >= 15 is 0 Å². The molecule has 25 heavy (non-hydrogen) atoms. The summed E-state index contributed by atoms with van der Waals surface area (Å²) in [4.78, 5) is 2.68. The van der Waals surface area contributed by atoms with Crippen molar-refractivity contribution in [2.24, 2.45) is 8.73 Å². The van der Waals surface area contributed by atoms with Gasteiger partial charge in [0.2, 0.25) is 10.0 Å². The molecule has 0 saturated carbocycles. The van der Waals surface area contributed by atoms with E-state index < -0.39 is 10.0 Å². The number of piperazine rings is 1. The summed E-state index contributed by atoms with van der Waals surface area (Å²) in [6.07, 6.45) is 5.37. The summed E-state index contributed by atoms with van der Waals surface area (Å²) in [7, 11) is -3.49. The fourth-order valence-electron chi connectivity index (χ4n) is 3.33. The lowest BCUT2D eigenvalue weighted by atomic mass is 10.1. The van der Waals surface area contributed by atoms with E-state index in [4.69, 9.17) is 0 Å². The zero-order chi connectivity index (χ0) is 17.3. The van der Waals surface area contributed by atoms with Gasteiger partial charge in [-0.25, -0.2) is 17.1 Å². The third-order valence-electron chi connectivity index (χ3n) is 4.73. The maximum atomic E-state index is 13.0. The van der Waals surface area contributed by atoms with Crippen molar-refractivity contribution in [2.75, 3.05) is 26.2 Å². The second-order valence-corrected chi connectivity index (χ2v) is 8.87. The van der Waals surface area contributed by atoms with E-state index in [1.807, 2.05) is 24.3 Å². The third-order valence-corrected chi connectivity index (χ3v) is 7.41. The van der Waals surface area contributed by atoms with Crippen molar-refractivity contribution in [3.05, 3.63) is 59.0 Å². The number of nitrogens with zero attached hydrogens (tertiary/aromatic N) is 4. The van der Waals surface area contributed by atoms with Gasteiger partial charge < -0.3 is 0 Å². The van der Waals surface area contributed by atoms with Crippen LogP contribution in [0.3, 0.4) is 0 Å². The maximum absolute atomic E-state index is 13.0. The molecule has 1 aliphatic carbocycles. The molecule has 0 spiro atoms. The minimum Gasteiger partial charge on any atom is -0.296 e. The van der Waals surface area contributed by atoms with Crippen LogP contribution in [0.2, 0.25) is 0 Å². The van der Waals surface area contributed by atoms with Gasteiger partial charge >= 0.3 is 0 Å². The van der Waals surface area contributed by atoms with Gasteiger partial charge in [0.25, 0.3) is 0 Å². The molecule has 1 fully saturated rings. The van der Waals surface area contributed by atoms with Crippen molar-refractivity contribution in [1.29, 1.82) is 0 Å². The number of hydrogen-bond acceptors (Lipinski definition) is 5. The number of benzene rings is 1. The van der Waals surface area contributed by atoms with Gasteiger partial charge in [-0.1, -0.05) is 42.5 Å². The zero-order valence-corrected chi connectivity index (χ0v) is 15.4. The molecule has 1 aromatic rings. The fraction of sp³-hybridized carbons (Fsp3) is 0.412. The van der Waals surface area contributed by atoms with Crippen LogP contribution in [-0.2, 0) is 27.9 Å². The number of fused-ring (bicyclic) bond motifs is 1. The first-order chi connectivity index (χ1) is 12.1. The highest BCUT2D eigenvalue weighted by atomic mass is 32.2. The summed E-state index contributed by atoms with van der Waals surface area (Å²) in [6.45, 7) is 3.36. The Morgan fingerprint density at radius 2 is 1.84 bits per heavy atom. The van der Waals surface area contributed by atoms with Crippen LogP contribution in [0, 0.1) is 0 Å². The Morgan fingerprint density at radius 3 is 2.60 bits per heavy atom. The predicted molar refractivity (Wildman–Crippen MR) is 99.2 cm³/mol. The smallest absolute Gasteiger partial charge is 0.241 e. The van der Waals surface area contributed by atoms with E-state index in [2.05, 4.69) is 25.8 Å². The molecular formula is C17H20N4O2S2. The van der Waals surface area contributed by atoms with E-state index in [1.54, 1.807) is 16.5 Å². The molecule has 0 unspecified atom stereocenters. The predicted octanol–water partition coefficient (Wildman–Crippen LogP) is 1.79. The molecule has 0 aromatic heterocycles. The fourth-order valence-corrected chi connectivity index (χ4v) is 5.78. The minimum atomic E-state index is -3.49. The van der Waals surface area contributed by atoms with Gasteiger partial charge in [-0.3, -0.25) is 4.90 Å². The molecule has 132 valence electrons. The van der Waals surface area contributed by atoms with Gasteiger partial charge in [-0.15, -0.1) is 0 Å². The van der Waals surface area contributed by atoms with Crippen LogP contribution < -0.4 is 0 Å². The summed E-state index contributed by atoms with van der Waals surface area (Å²) in [5.41, 5.74) is 1.25. The number of allylic oxidation sites excluding steroid dienone is 2. The summed E-state index contributed by atoms with van der Waals surface area (Å²) in [5.74, 6) is 0. The molecule has 2 heterocycles. The highest BCUT2D eigenvalue weighted by Crippen LogP contribution is 2.29. The molecule has 8 heteroatoms. The van der Waals surface area contributed by atoms with Crippen LogP contribution in [0.15, 0.2) is 62.2 Å². The Balaban J connectivity index is 1.42. The Morgan fingerprint density at radius 1 is 1.08 bits per heavy atom. The average molecular weight is 377 g/mol. The normalized spacial score (nSPS) is 27.0. The Kier molecular flexibility index (Phi) is 4.68. The largest absolute Gasteiger partial charge is 0.296 e. The standard InChI is InChI=1S/C17H20N4O2S2/c22-25(23,16-8-4-7-15-17(16)19-24-18-15)21-11-9-20(10-12-21)13-14-5-2-1-3-6-14/h1-8,15,17H,9-13H2/t15-,17-/m0/s1. The van der Waals surface area contributed by atoms with Crippen molar-refractivity contribution in [1.82, 2.24) is 9.21 Å². The SMILES string of the molecule is O=S(=O)(C1=CC=C[C@@H]2N=S=N[C@H]12)N1CCN(Cc2ccccc2)CC1. The highest BCUT2D eigenvalue weighted by molar-refractivity contribution is 7.93. The van der Waals surface area contributed by atoms with E-state index in [0.717, 1.165) is 31.0 Å². The molecule has 0 amide bonds. The molecule has 2 atom stereocenters. The summed E-state index contributed by atoms with van der Waals surface area (Å²) >= 11 is 1.11. The van der Waals surface area contributed by atoms with Gasteiger partial charge in [0.15, 0.2) is 0 Å². The number of sulfonamides is 1. The molecule has 0 N–H and O–H groups in total. The third kappa shape index (κ3) is 3.39. The van der Waals surface area contributed by atoms with Crippen LogP contribution in [0.4, 0.5) is 0 Å². The topological polar surface area (TPSA) is 65.3 Å². The number of hydrogen-bond donors (Lipinski definition) is 0. The van der Waals surface area contributed by atoms with Crippen LogP contribution in [0.5, 0.6) is 0 Å². The van der Waals surface area contributed by atoms with Gasteiger partial charge in [-0.05, 0) is 11.6 Å². The van der Waals surface area contributed by atoms with E-state index in [-0.39, 0.29) is 12.1 Å². The summed E-state index contributed by atoms with van der Waals surface area (Å²) in [5, 5.41) is 0. The van der Waals surface area contributed by atoms with Gasteiger partial charge in [0.1, 0.15) is 12.1 Å². The van der Waals surface area contributed by atoms with Crippen molar-refractivity contribution >= 4 is 21.4 Å². The van der Waals surface area contributed by atoms with E-state index in [1.165, 1.54) is 5.56 Å². The van der Waals surface area contributed by atoms with E-state index in [9.17, 15) is 8.42 Å². The molecule has 1 aromatic carbocycles. The second-order valence-electron chi connectivity index (χ2n) is 6.35. The molecule has 4 rings (SSSR count). The Labute approximate surface area is 151 Å². The summed E-state index contributed by atoms with van der Waals surface area (Å²) < 4.78 is 36.2. The van der Waals surface area contributed by atoms with Crippen molar-refractivity contribution in [3.63, 3.8) is 0 Å². The van der Waals surface area contributed by atoms with Crippen molar-refractivity contribution in [3.8, 4) is 0 Å². The molecule has 0 radical (unpaired) electrons. The quantitative estimate of drug-likeness (QED) is 0.805. The first-order valence-corrected chi connectivity index (χ1v) is 10.5. The maximum Gasteiger partial charge on any atom is 0.241 e. The van der Waals surface area contributed by atoms with Crippen molar-refractivity contribution in [2.45, 2.75) is 18.6 Å². The lowest BCUT2D eigenvalue weighted by molar-refractivity contribution is 0.182. The average Bonchev–Trinajstić information content (AvgIpc) is 3.11. The monoisotopic (exact) mass is 376 g/mol. The number of rotatable bonds is 4. The van der Waals surface area contributed by atoms with Crippen LogP contribution in [-0.4, -0.2) is 55.9 Å². The Bertz CT molecular complexity index is 865. The molecule has 0 bridgehead atoms. The van der Waals surface area contributed by atoms with Gasteiger partial charge in [0, 0.05) is 32.7 Å². The van der Waals surface area contributed by atoms with Crippen LogP contribution in [0.25, 0.3) is 0 Å². The first kappa shape index (κ1) is 16.8. The first-order valence-electron chi connectivity index (χ1n) is 8.36. The molecule has 6 nitrogen and oxygen atoms in total. The van der Waals surface area contributed by atoms with Gasteiger partial charge in [0.05, 0.1) is 16.3 Å². The molecule has 2 aliphatic heterocycles. The lowest BCUT2D eigenvalue weighted by Crippen LogP contribution is -2.49. The van der Waals surface area contributed by atoms with Crippen molar-refractivity contribution < 1.29 is 8.42 Å². The van der Waals surface area contributed by atoms with Crippen LogP contribution >= 0.6 is 0 Å². The second kappa shape index (κ2) is 6.95. The van der Waals surface area contributed by atoms with E-state index in [0.29, 0.717) is 18.0 Å². The van der Waals surface area contributed by atoms with Gasteiger partial charge in [-0.2, -0.15) is 4.31 Å².